The van der Waals surface area contributed by atoms with E-state index in [1.807, 2.05) is 55.4 Å². The normalized spacial score (nSPS) is 17.3. The van der Waals surface area contributed by atoms with Crippen molar-refractivity contribution in [3.8, 4) is 5.75 Å². The van der Waals surface area contributed by atoms with Crippen molar-refractivity contribution in [1.29, 1.82) is 0 Å². The quantitative estimate of drug-likeness (QED) is 0.513. The monoisotopic (exact) mass is 406 g/mol. The molecule has 0 spiro atoms. The number of carbonyl (C=O) groups is 3. The first kappa shape index (κ1) is 21.9. The van der Waals surface area contributed by atoms with Gasteiger partial charge in [0, 0.05) is 11.1 Å². The van der Waals surface area contributed by atoms with E-state index in [4.69, 9.17) is 0 Å². The maximum Gasteiger partial charge on any atom is 0.230 e. The standard InChI is InChI=1S/C26H30O4/c1-13-9-16-17(10-14(13)2)22(28)24(30)20(21(16)27)15-11-18(25(3,4)5)23(29)19(12-15)26(6,7)8/h9-12,20,29H,1-8H3. The molecule has 0 saturated heterocycles. The van der Waals surface area contributed by atoms with E-state index in [9.17, 15) is 19.5 Å². The van der Waals surface area contributed by atoms with Crippen molar-refractivity contribution < 1.29 is 19.5 Å². The molecule has 1 aliphatic carbocycles. The summed E-state index contributed by atoms with van der Waals surface area (Å²) in [5.74, 6) is -2.70. The molecule has 0 heterocycles. The Balaban J connectivity index is 2.29. The minimum Gasteiger partial charge on any atom is -0.507 e. The Labute approximate surface area is 178 Å². The number of Topliss-reactive ketones (excluding diaryl/α,β-unsaturated/α-hetero) is 3. The smallest absolute Gasteiger partial charge is 0.230 e. The number of fused-ring (bicyclic) bond motifs is 1. The second-order valence-electron chi connectivity index (χ2n) is 10.4. The summed E-state index contributed by atoms with van der Waals surface area (Å²) in [6.07, 6.45) is 0. The van der Waals surface area contributed by atoms with E-state index < -0.39 is 28.3 Å². The van der Waals surface area contributed by atoms with Gasteiger partial charge < -0.3 is 5.11 Å². The van der Waals surface area contributed by atoms with Crippen LogP contribution in [-0.2, 0) is 15.6 Å². The molecule has 0 bridgehead atoms. The summed E-state index contributed by atoms with van der Waals surface area (Å²) in [5, 5.41) is 11.0. The molecule has 1 unspecified atom stereocenters. The van der Waals surface area contributed by atoms with E-state index in [1.54, 1.807) is 24.3 Å². The molecule has 2 aromatic rings. The largest absolute Gasteiger partial charge is 0.507 e. The van der Waals surface area contributed by atoms with Crippen LogP contribution in [0, 0.1) is 13.8 Å². The SMILES string of the molecule is Cc1cc2c(cc1C)C(=O)C(c1cc(C(C)(C)C)c(O)c(C(C)(C)C)c1)C(=O)C2=O. The van der Waals surface area contributed by atoms with Crippen molar-refractivity contribution in [2.45, 2.75) is 72.1 Å². The van der Waals surface area contributed by atoms with Gasteiger partial charge in [-0.05, 0) is 64.6 Å². The Morgan fingerprint density at radius 3 is 1.57 bits per heavy atom. The maximum atomic E-state index is 13.4. The molecule has 0 aromatic heterocycles. The van der Waals surface area contributed by atoms with E-state index in [0.717, 1.165) is 11.1 Å². The molecular weight excluding hydrogens is 376 g/mol. The lowest BCUT2D eigenvalue weighted by Gasteiger charge is -2.30. The fraction of sp³-hybridized carbons (Fsp3) is 0.423. The van der Waals surface area contributed by atoms with Gasteiger partial charge in [-0.25, -0.2) is 0 Å². The Hall–Kier alpha value is -2.75. The highest BCUT2D eigenvalue weighted by Crippen LogP contribution is 2.42. The number of phenolic OH excluding ortho intramolecular Hbond substituents is 1. The van der Waals surface area contributed by atoms with Gasteiger partial charge in [0.2, 0.25) is 11.6 Å². The Morgan fingerprint density at radius 2 is 1.13 bits per heavy atom. The van der Waals surface area contributed by atoms with E-state index in [1.165, 1.54) is 0 Å². The van der Waals surface area contributed by atoms with Crippen molar-refractivity contribution in [3.63, 3.8) is 0 Å². The molecule has 0 amide bonds. The highest BCUT2D eigenvalue weighted by Gasteiger charge is 2.42. The number of ketones is 3. The topological polar surface area (TPSA) is 71.4 Å². The molecule has 1 N–H and O–H groups in total. The fourth-order valence-corrected chi connectivity index (χ4v) is 4.02. The number of carbonyl (C=O) groups excluding carboxylic acids is 3. The zero-order valence-electron chi connectivity index (χ0n) is 19.1. The van der Waals surface area contributed by atoms with Gasteiger partial charge in [-0.2, -0.15) is 0 Å². The van der Waals surface area contributed by atoms with Crippen molar-refractivity contribution in [2.75, 3.05) is 0 Å². The van der Waals surface area contributed by atoms with Crippen molar-refractivity contribution >= 4 is 17.3 Å². The molecule has 3 rings (SSSR count). The molecule has 4 nitrogen and oxygen atoms in total. The number of rotatable bonds is 1. The summed E-state index contributed by atoms with van der Waals surface area (Å²) in [6, 6.07) is 6.77. The third kappa shape index (κ3) is 3.49. The number of benzene rings is 2. The number of hydrogen-bond donors (Lipinski definition) is 1. The van der Waals surface area contributed by atoms with Crippen LogP contribution >= 0.6 is 0 Å². The van der Waals surface area contributed by atoms with E-state index >= 15 is 0 Å². The molecule has 0 radical (unpaired) electrons. The molecule has 30 heavy (non-hydrogen) atoms. The zero-order chi connectivity index (χ0) is 22.8. The first-order valence-corrected chi connectivity index (χ1v) is 10.3. The maximum absolute atomic E-state index is 13.4. The van der Waals surface area contributed by atoms with Crippen LogP contribution in [0.15, 0.2) is 24.3 Å². The van der Waals surface area contributed by atoms with Gasteiger partial charge in [-0.1, -0.05) is 53.7 Å². The van der Waals surface area contributed by atoms with Gasteiger partial charge in [0.1, 0.15) is 11.7 Å². The summed E-state index contributed by atoms with van der Waals surface area (Å²) in [4.78, 5) is 39.4. The van der Waals surface area contributed by atoms with Gasteiger partial charge >= 0.3 is 0 Å². The molecule has 4 heteroatoms. The minimum absolute atomic E-state index is 0.174. The predicted octanol–water partition coefficient (Wildman–Crippen LogP) is 5.34. The molecule has 0 saturated carbocycles. The average molecular weight is 407 g/mol. The molecule has 1 atom stereocenters. The van der Waals surface area contributed by atoms with Crippen LogP contribution in [0.4, 0.5) is 0 Å². The third-order valence-corrected chi connectivity index (χ3v) is 5.97. The summed E-state index contributed by atoms with van der Waals surface area (Å²) < 4.78 is 0. The van der Waals surface area contributed by atoms with Crippen LogP contribution in [0.5, 0.6) is 5.75 Å². The number of phenols is 1. The second-order valence-corrected chi connectivity index (χ2v) is 10.4. The molecule has 1 aliphatic rings. The minimum atomic E-state index is -1.19. The van der Waals surface area contributed by atoms with Gasteiger partial charge in [-0.15, -0.1) is 0 Å². The van der Waals surface area contributed by atoms with Crippen LogP contribution in [0.3, 0.4) is 0 Å². The van der Waals surface area contributed by atoms with E-state index in [0.29, 0.717) is 22.3 Å². The first-order chi connectivity index (χ1) is 13.6. The van der Waals surface area contributed by atoms with Crippen LogP contribution in [-0.4, -0.2) is 22.5 Å². The summed E-state index contributed by atoms with van der Waals surface area (Å²) >= 11 is 0. The highest BCUT2D eigenvalue weighted by molar-refractivity contribution is 6.53. The van der Waals surface area contributed by atoms with Crippen LogP contribution in [0.25, 0.3) is 0 Å². The van der Waals surface area contributed by atoms with Gasteiger partial charge in [0.05, 0.1) is 0 Å². The van der Waals surface area contributed by atoms with Crippen molar-refractivity contribution in [2.24, 2.45) is 0 Å². The molecular formula is C26H30O4. The predicted molar refractivity (Wildman–Crippen MR) is 118 cm³/mol. The lowest BCUT2D eigenvalue weighted by Crippen LogP contribution is -2.36. The summed E-state index contributed by atoms with van der Waals surface area (Å²) in [6.45, 7) is 15.5. The van der Waals surface area contributed by atoms with E-state index in [2.05, 4.69) is 0 Å². The van der Waals surface area contributed by atoms with Crippen LogP contribution in [0.2, 0.25) is 0 Å². The molecule has 2 aromatic carbocycles. The van der Waals surface area contributed by atoms with Gasteiger partial charge in [0.25, 0.3) is 0 Å². The van der Waals surface area contributed by atoms with Gasteiger partial charge in [0.15, 0.2) is 5.78 Å². The lowest BCUT2D eigenvalue weighted by molar-refractivity contribution is -0.115. The lowest BCUT2D eigenvalue weighted by atomic mass is 9.72. The van der Waals surface area contributed by atoms with E-state index in [-0.39, 0.29) is 17.1 Å². The van der Waals surface area contributed by atoms with Gasteiger partial charge in [-0.3, -0.25) is 14.4 Å². The number of aromatic hydroxyl groups is 1. The third-order valence-electron chi connectivity index (χ3n) is 5.97. The first-order valence-electron chi connectivity index (χ1n) is 10.3. The molecule has 0 fully saturated rings. The number of aryl methyl sites for hydroxylation is 2. The van der Waals surface area contributed by atoms with Crippen LogP contribution in [0.1, 0.15) is 96.0 Å². The number of hydrogen-bond acceptors (Lipinski definition) is 4. The van der Waals surface area contributed by atoms with Crippen LogP contribution < -0.4 is 0 Å². The second kappa shape index (κ2) is 6.90. The molecule has 0 aliphatic heterocycles. The Morgan fingerprint density at radius 1 is 0.700 bits per heavy atom. The summed E-state index contributed by atoms with van der Waals surface area (Å²) in [5.41, 5.74) is 3.23. The Bertz CT molecular complexity index is 1060. The zero-order valence-corrected chi connectivity index (χ0v) is 19.1. The fourth-order valence-electron chi connectivity index (χ4n) is 4.02. The molecule has 158 valence electrons. The summed E-state index contributed by atoms with van der Waals surface area (Å²) in [7, 11) is 0. The highest BCUT2D eigenvalue weighted by atomic mass is 16.3. The average Bonchev–Trinajstić information content (AvgIpc) is 2.61. The van der Waals surface area contributed by atoms with Crippen molar-refractivity contribution in [3.05, 3.63) is 63.2 Å². The Kier molecular flexibility index (Phi) is 5.05. The van der Waals surface area contributed by atoms with Crippen molar-refractivity contribution in [1.82, 2.24) is 0 Å².